The van der Waals surface area contributed by atoms with Crippen LogP contribution in [0.15, 0.2) is 60.8 Å². The van der Waals surface area contributed by atoms with Crippen molar-refractivity contribution < 1.29 is 9.59 Å². The Balaban J connectivity index is 1.52. The standard InChI is InChI=1S/C27H33N5O2/c1-18-7-10-24-22(11-18)13-23(15-30-24)31-27(34)21(9-8-19-5-3-2-4-6-19)17-32-16-20(14-28)12-25(32)26(29)33/h2-7,10-11,13,15,20-21,25H,8-9,12,14,16-17,28H2,1H3,(H2,29,33)(H,31,34)/t20-,21+,25-/m1/s1. The number of hydrogen-bond acceptors (Lipinski definition) is 5. The molecule has 1 saturated heterocycles. The van der Waals surface area contributed by atoms with Crippen molar-refractivity contribution >= 4 is 28.4 Å². The van der Waals surface area contributed by atoms with E-state index in [0.29, 0.717) is 38.2 Å². The van der Waals surface area contributed by atoms with Gasteiger partial charge in [-0.05, 0) is 62.4 Å². The molecule has 3 atom stereocenters. The number of likely N-dealkylation sites (tertiary alicyclic amines) is 1. The van der Waals surface area contributed by atoms with Gasteiger partial charge in [0.05, 0.1) is 29.4 Å². The van der Waals surface area contributed by atoms with E-state index < -0.39 is 0 Å². The number of nitrogens with one attached hydrogen (secondary N) is 1. The average molecular weight is 460 g/mol. The maximum absolute atomic E-state index is 13.4. The molecule has 1 aromatic heterocycles. The number of fused-ring (bicyclic) bond motifs is 1. The number of primary amides is 1. The number of carbonyl (C=O) groups is 2. The molecular formula is C27H33N5O2. The van der Waals surface area contributed by atoms with Crippen LogP contribution in [0.25, 0.3) is 10.9 Å². The van der Waals surface area contributed by atoms with Crippen LogP contribution in [0, 0.1) is 18.8 Å². The van der Waals surface area contributed by atoms with Gasteiger partial charge >= 0.3 is 0 Å². The van der Waals surface area contributed by atoms with Gasteiger partial charge in [-0.15, -0.1) is 0 Å². The molecule has 34 heavy (non-hydrogen) atoms. The number of hydrogen-bond donors (Lipinski definition) is 3. The summed E-state index contributed by atoms with van der Waals surface area (Å²) in [6.07, 6.45) is 3.76. The van der Waals surface area contributed by atoms with Crippen molar-refractivity contribution in [3.05, 3.63) is 71.9 Å². The third-order valence-corrected chi connectivity index (χ3v) is 6.71. The summed E-state index contributed by atoms with van der Waals surface area (Å²) in [6, 6.07) is 17.7. The van der Waals surface area contributed by atoms with Crippen LogP contribution in [0.3, 0.4) is 0 Å². The highest BCUT2D eigenvalue weighted by Gasteiger charge is 2.37. The lowest BCUT2D eigenvalue weighted by molar-refractivity contribution is -0.125. The SMILES string of the molecule is Cc1ccc2ncc(NC(=O)[C@@H](CCc3ccccc3)CN3C[C@@H](CN)C[C@@H]3C(N)=O)cc2c1. The van der Waals surface area contributed by atoms with E-state index in [2.05, 4.69) is 28.5 Å². The van der Waals surface area contributed by atoms with Crippen LogP contribution in [-0.2, 0) is 16.0 Å². The van der Waals surface area contributed by atoms with E-state index >= 15 is 0 Å². The molecule has 0 aliphatic carbocycles. The molecule has 1 fully saturated rings. The van der Waals surface area contributed by atoms with Gasteiger partial charge in [-0.25, -0.2) is 0 Å². The number of aromatic nitrogens is 1. The fourth-order valence-electron chi connectivity index (χ4n) is 4.80. The van der Waals surface area contributed by atoms with Gasteiger partial charge in [-0.1, -0.05) is 42.0 Å². The van der Waals surface area contributed by atoms with Crippen LogP contribution in [0.4, 0.5) is 5.69 Å². The van der Waals surface area contributed by atoms with Gasteiger partial charge in [0.25, 0.3) is 0 Å². The molecule has 0 saturated carbocycles. The zero-order chi connectivity index (χ0) is 24.1. The van der Waals surface area contributed by atoms with Gasteiger partial charge in [0, 0.05) is 18.5 Å². The van der Waals surface area contributed by atoms with Gasteiger partial charge in [-0.3, -0.25) is 19.5 Å². The molecular weight excluding hydrogens is 426 g/mol. The number of aryl methyl sites for hydroxylation is 2. The molecule has 3 aromatic rings. The van der Waals surface area contributed by atoms with Crippen LogP contribution in [-0.4, -0.2) is 47.4 Å². The number of nitrogens with two attached hydrogens (primary N) is 2. The normalized spacial score (nSPS) is 19.2. The Kier molecular flexibility index (Phi) is 7.55. The Morgan fingerprint density at radius 3 is 2.71 bits per heavy atom. The lowest BCUT2D eigenvalue weighted by atomic mass is 9.97. The first-order valence-corrected chi connectivity index (χ1v) is 11.9. The zero-order valence-corrected chi connectivity index (χ0v) is 19.6. The van der Waals surface area contributed by atoms with E-state index in [1.54, 1.807) is 6.20 Å². The van der Waals surface area contributed by atoms with E-state index in [0.717, 1.165) is 22.9 Å². The first-order valence-electron chi connectivity index (χ1n) is 11.9. The van der Waals surface area contributed by atoms with Crippen LogP contribution < -0.4 is 16.8 Å². The van der Waals surface area contributed by atoms with Gasteiger partial charge < -0.3 is 16.8 Å². The predicted molar refractivity (Wildman–Crippen MR) is 135 cm³/mol. The third kappa shape index (κ3) is 5.79. The largest absolute Gasteiger partial charge is 0.368 e. The maximum Gasteiger partial charge on any atom is 0.234 e. The number of benzene rings is 2. The van der Waals surface area contributed by atoms with Crippen molar-refractivity contribution in [3.8, 4) is 0 Å². The van der Waals surface area contributed by atoms with Crippen molar-refractivity contribution in [2.75, 3.05) is 25.0 Å². The first-order chi connectivity index (χ1) is 16.4. The predicted octanol–water partition coefficient (Wildman–Crippen LogP) is 2.87. The van der Waals surface area contributed by atoms with E-state index in [1.807, 2.05) is 48.2 Å². The quantitative estimate of drug-likeness (QED) is 0.455. The Morgan fingerprint density at radius 1 is 1.18 bits per heavy atom. The van der Waals surface area contributed by atoms with Crippen LogP contribution in [0.1, 0.15) is 24.0 Å². The molecule has 2 aromatic carbocycles. The molecule has 0 spiro atoms. The number of pyridine rings is 1. The van der Waals surface area contributed by atoms with Crippen molar-refractivity contribution in [2.24, 2.45) is 23.3 Å². The molecule has 0 unspecified atom stereocenters. The summed E-state index contributed by atoms with van der Waals surface area (Å²) in [7, 11) is 0. The molecule has 178 valence electrons. The fraction of sp³-hybridized carbons (Fsp3) is 0.370. The summed E-state index contributed by atoms with van der Waals surface area (Å²) in [6.45, 7) is 3.67. The second-order valence-corrected chi connectivity index (χ2v) is 9.34. The molecule has 2 amide bonds. The Morgan fingerprint density at radius 2 is 1.97 bits per heavy atom. The second kappa shape index (κ2) is 10.8. The number of rotatable bonds is 9. The highest BCUT2D eigenvalue weighted by atomic mass is 16.2. The molecule has 7 nitrogen and oxygen atoms in total. The van der Waals surface area contributed by atoms with Crippen molar-refractivity contribution in [1.29, 1.82) is 0 Å². The molecule has 7 heteroatoms. The van der Waals surface area contributed by atoms with Gasteiger partial charge in [0.15, 0.2) is 0 Å². The molecule has 2 heterocycles. The molecule has 0 radical (unpaired) electrons. The molecule has 4 rings (SSSR count). The Hall–Kier alpha value is -3.29. The maximum atomic E-state index is 13.4. The summed E-state index contributed by atoms with van der Waals surface area (Å²) < 4.78 is 0. The summed E-state index contributed by atoms with van der Waals surface area (Å²) in [5.41, 5.74) is 15.4. The number of anilines is 1. The van der Waals surface area contributed by atoms with Crippen molar-refractivity contribution in [3.63, 3.8) is 0 Å². The van der Waals surface area contributed by atoms with E-state index in [9.17, 15) is 9.59 Å². The molecule has 1 aliphatic rings. The monoisotopic (exact) mass is 459 g/mol. The topological polar surface area (TPSA) is 114 Å². The van der Waals surface area contributed by atoms with Gasteiger partial charge in [-0.2, -0.15) is 0 Å². The zero-order valence-electron chi connectivity index (χ0n) is 19.6. The summed E-state index contributed by atoms with van der Waals surface area (Å²) in [5, 5.41) is 4.05. The smallest absolute Gasteiger partial charge is 0.234 e. The highest BCUT2D eigenvalue weighted by molar-refractivity contribution is 5.94. The van der Waals surface area contributed by atoms with Crippen LogP contribution in [0.2, 0.25) is 0 Å². The minimum absolute atomic E-state index is 0.0795. The minimum atomic E-state index is -0.383. The first kappa shape index (κ1) is 23.9. The number of nitrogens with zero attached hydrogens (tertiary/aromatic N) is 2. The summed E-state index contributed by atoms with van der Waals surface area (Å²) in [5.74, 6) is -0.536. The third-order valence-electron chi connectivity index (χ3n) is 6.71. The average Bonchev–Trinajstić information content (AvgIpc) is 3.25. The summed E-state index contributed by atoms with van der Waals surface area (Å²) in [4.78, 5) is 32.1. The van der Waals surface area contributed by atoms with Crippen LogP contribution in [0.5, 0.6) is 0 Å². The highest BCUT2D eigenvalue weighted by Crippen LogP contribution is 2.26. The molecule has 1 aliphatic heterocycles. The molecule has 5 N–H and O–H groups in total. The number of amides is 2. The van der Waals surface area contributed by atoms with Gasteiger partial charge in [0.2, 0.25) is 11.8 Å². The molecule has 0 bridgehead atoms. The van der Waals surface area contributed by atoms with Crippen molar-refractivity contribution in [1.82, 2.24) is 9.88 Å². The Bertz CT molecular complexity index is 1150. The lowest BCUT2D eigenvalue weighted by Crippen LogP contribution is -2.44. The Labute approximate surface area is 200 Å². The van der Waals surface area contributed by atoms with Gasteiger partial charge in [0.1, 0.15) is 0 Å². The minimum Gasteiger partial charge on any atom is -0.368 e. The van der Waals surface area contributed by atoms with E-state index in [-0.39, 0.29) is 29.7 Å². The summed E-state index contributed by atoms with van der Waals surface area (Å²) >= 11 is 0. The lowest BCUT2D eigenvalue weighted by Gasteiger charge is -2.27. The van der Waals surface area contributed by atoms with E-state index in [4.69, 9.17) is 11.5 Å². The van der Waals surface area contributed by atoms with E-state index in [1.165, 1.54) is 5.56 Å². The van der Waals surface area contributed by atoms with Crippen LogP contribution >= 0.6 is 0 Å². The number of carbonyl (C=O) groups excluding carboxylic acids is 2. The fourth-order valence-corrected chi connectivity index (χ4v) is 4.80. The van der Waals surface area contributed by atoms with Crippen molar-refractivity contribution in [2.45, 2.75) is 32.2 Å². The second-order valence-electron chi connectivity index (χ2n) is 9.34.